The van der Waals surface area contributed by atoms with Gasteiger partial charge in [0.25, 0.3) is 0 Å². The molecule has 3 unspecified atom stereocenters. The minimum Gasteiger partial charge on any atom is -0.327 e. The van der Waals surface area contributed by atoms with Gasteiger partial charge in [-0.3, -0.25) is 0 Å². The van der Waals surface area contributed by atoms with Crippen LogP contribution in [0, 0.1) is 17.3 Å². The molecule has 1 rings (SSSR count). The van der Waals surface area contributed by atoms with E-state index in [4.69, 9.17) is 5.73 Å². The van der Waals surface area contributed by atoms with Crippen molar-refractivity contribution in [2.24, 2.45) is 23.0 Å². The smallest absolute Gasteiger partial charge is 0.00980 e. The first-order valence-electron chi connectivity index (χ1n) is 6.24. The molecule has 3 atom stereocenters. The van der Waals surface area contributed by atoms with Crippen LogP contribution in [0.2, 0.25) is 0 Å². The Morgan fingerprint density at radius 2 is 2.07 bits per heavy atom. The molecule has 0 spiro atoms. The standard InChI is InChI=1S/C13H27N/c1-5-7-10(2)12(14)11-8-6-9-13(11,3)4/h10-12H,5-9,14H2,1-4H3. The minimum absolute atomic E-state index is 0.424. The second-order valence-electron chi connectivity index (χ2n) is 5.83. The Hall–Kier alpha value is -0.0400. The maximum Gasteiger partial charge on any atom is 0.00980 e. The highest BCUT2D eigenvalue weighted by molar-refractivity contribution is 4.92. The molecule has 0 amide bonds. The molecule has 1 aliphatic rings. The van der Waals surface area contributed by atoms with Gasteiger partial charge in [0.2, 0.25) is 0 Å². The summed E-state index contributed by atoms with van der Waals surface area (Å²) in [6.45, 7) is 9.36. The molecule has 2 N–H and O–H groups in total. The minimum atomic E-state index is 0.424. The number of rotatable bonds is 4. The highest BCUT2D eigenvalue weighted by atomic mass is 14.7. The van der Waals surface area contributed by atoms with Gasteiger partial charge in [0.1, 0.15) is 0 Å². The van der Waals surface area contributed by atoms with Crippen molar-refractivity contribution in [2.75, 3.05) is 0 Å². The average Bonchev–Trinajstić information content (AvgIpc) is 2.44. The maximum atomic E-state index is 6.38. The molecular weight excluding hydrogens is 170 g/mol. The van der Waals surface area contributed by atoms with E-state index in [2.05, 4.69) is 27.7 Å². The molecule has 84 valence electrons. The van der Waals surface area contributed by atoms with Crippen LogP contribution in [0.25, 0.3) is 0 Å². The molecule has 1 heteroatoms. The lowest BCUT2D eigenvalue weighted by atomic mass is 9.73. The summed E-state index contributed by atoms with van der Waals surface area (Å²) in [6, 6.07) is 0.424. The summed E-state index contributed by atoms with van der Waals surface area (Å²) in [5.74, 6) is 1.45. The van der Waals surface area contributed by atoms with E-state index in [1.807, 2.05) is 0 Å². The van der Waals surface area contributed by atoms with E-state index in [0.717, 1.165) is 5.92 Å². The summed E-state index contributed by atoms with van der Waals surface area (Å²) in [6.07, 6.45) is 6.65. The van der Waals surface area contributed by atoms with Crippen molar-refractivity contribution in [1.29, 1.82) is 0 Å². The van der Waals surface area contributed by atoms with Gasteiger partial charge in [-0.2, -0.15) is 0 Å². The largest absolute Gasteiger partial charge is 0.327 e. The monoisotopic (exact) mass is 197 g/mol. The van der Waals surface area contributed by atoms with Crippen molar-refractivity contribution < 1.29 is 0 Å². The molecule has 0 aliphatic heterocycles. The fourth-order valence-electron chi connectivity index (χ4n) is 3.11. The van der Waals surface area contributed by atoms with Gasteiger partial charge in [0, 0.05) is 6.04 Å². The zero-order valence-electron chi connectivity index (χ0n) is 10.3. The molecule has 1 aliphatic carbocycles. The van der Waals surface area contributed by atoms with Crippen LogP contribution in [0.4, 0.5) is 0 Å². The Labute approximate surface area is 89.5 Å². The summed E-state index contributed by atoms with van der Waals surface area (Å²) in [7, 11) is 0. The molecule has 0 aromatic rings. The van der Waals surface area contributed by atoms with Crippen LogP contribution in [0.5, 0.6) is 0 Å². The lowest BCUT2D eigenvalue weighted by Gasteiger charge is -2.35. The van der Waals surface area contributed by atoms with Crippen LogP contribution >= 0.6 is 0 Å². The van der Waals surface area contributed by atoms with E-state index < -0.39 is 0 Å². The zero-order valence-corrected chi connectivity index (χ0v) is 10.3. The fourth-order valence-corrected chi connectivity index (χ4v) is 3.11. The molecule has 0 radical (unpaired) electrons. The van der Waals surface area contributed by atoms with Crippen molar-refractivity contribution in [1.82, 2.24) is 0 Å². The van der Waals surface area contributed by atoms with Crippen LogP contribution in [0.15, 0.2) is 0 Å². The van der Waals surface area contributed by atoms with Crippen LogP contribution in [-0.2, 0) is 0 Å². The van der Waals surface area contributed by atoms with Gasteiger partial charge in [-0.05, 0) is 36.5 Å². The van der Waals surface area contributed by atoms with Crippen molar-refractivity contribution in [3.8, 4) is 0 Å². The summed E-state index contributed by atoms with van der Waals surface area (Å²) in [4.78, 5) is 0. The van der Waals surface area contributed by atoms with Gasteiger partial charge in [0.15, 0.2) is 0 Å². The van der Waals surface area contributed by atoms with E-state index in [1.165, 1.54) is 32.1 Å². The van der Waals surface area contributed by atoms with Gasteiger partial charge in [-0.25, -0.2) is 0 Å². The summed E-state index contributed by atoms with van der Waals surface area (Å²) < 4.78 is 0. The first-order chi connectivity index (χ1) is 6.49. The van der Waals surface area contributed by atoms with Crippen LogP contribution in [0.1, 0.15) is 59.8 Å². The van der Waals surface area contributed by atoms with Crippen LogP contribution in [0.3, 0.4) is 0 Å². The normalized spacial score (nSPS) is 30.2. The lowest BCUT2D eigenvalue weighted by Crippen LogP contribution is -2.41. The van der Waals surface area contributed by atoms with Gasteiger partial charge in [0.05, 0.1) is 0 Å². The van der Waals surface area contributed by atoms with Crippen molar-refractivity contribution in [2.45, 2.75) is 65.8 Å². The molecule has 0 heterocycles. The molecule has 0 aromatic heterocycles. The predicted molar refractivity (Wildman–Crippen MR) is 63.2 cm³/mol. The fraction of sp³-hybridized carbons (Fsp3) is 1.00. The number of hydrogen-bond acceptors (Lipinski definition) is 1. The van der Waals surface area contributed by atoms with Gasteiger partial charge in [-0.1, -0.05) is 40.5 Å². The SMILES string of the molecule is CCCC(C)C(N)C1CCCC1(C)C. The molecule has 0 bridgehead atoms. The maximum absolute atomic E-state index is 6.38. The second kappa shape index (κ2) is 4.65. The molecule has 1 nitrogen and oxygen atoms in total. The molecule has 14 heavy (non-hydrogen) atoms. The van der Waals surface area contributed by atoms with E-state index in [1.54, 1.807) is 0 Å². The van der Waals surface area contributed by atoms with Gasteiger partial charge >= 0.3 is 0 Å². The van der Waals surface area contributed by atoms with E-state index in [-0.39, 0.29) is 0 Å². The third kappa shape index (κ3) is 2.50. The Morgan fingerprint density at radius 3 is 2.50 bits per heavy atom. The second-order valence-corrected chi connectivity index (χ2v) is 5.83. The van der Waals surface area contributed by atoms with Crippen LogP contribution in [-0.4, -0.2) is 6.04 Å². The summed E-state index contributed by atoms with van der Waals surface area (Å²) >= 11 is 0. The molecule has 1 fully saturated rings. The molecule has 0 aromatic carbocycles. The van der Waals surface area contributed by atoms with Crippen molar-refractivity contribution in [3.63, 3.8) is 0 Å². The number of nitrogens with two attached hydrogens (primary N) is 1. The zero-order chi connectivity index (χ0) is 10.8. The molecule has 1 saturated carbocycles. The van der Waals surface area contributed by atoms with E-state index in [0.29, 0.717) is 17.4 Å². The summed E-state index contributed by atoms with van der Waals surface area (Å²) in [5.41, 5.74) is 6.87. The van der Waals surface area contributed by atoms with E-state index in [9.17, 15) is 0 Å². The van der Waals surface area contributed by atoms with Gasteiger partial charge in [-0.15, -0.1) is 0 Å². The quantitative estimate of drug-likeness (QED) is 0.732. The van der Waals surface area contributed by atoms with Crippen molar-refractivity contribution >= 4 is 0 Å². The third-order valence-electron chi connectivity index (χ3n) is 4.21. The Morgan fingerprint density at radius 1 is 1.43 bits per heavy atom. The van der Waals surface area contributed by atoms with Gasteiger partial charge < -0.3 is 5.73 Å². The summed E-state index contributed by atoms with van der Waals surface area (Å²) in [5, 5.41) is 0. The topological polar surface area (TPSA) is 26.0 Å². The first kappa shape index (κ1) is 12.0. The highest BCUT2D eigenvalue weighted by Gasteiger charge is 2.39. The first-order valence-corrected chi connectivity index (χ1v) is 6.24. The van der Waals surface area contributed by atoms with E-state index >= 15 is 0 Å². The third-order valence-corrected chi connectivity index (χ3v) is 4.21. The van der Waals surface area contributed by atoms with Crippen molar-refractivity contribution in [3.05, 3.63) is 0 Å². The Kier molecular flexibility index (Phi) is 4.00. The number of hydrogen-bond donors (Lipinski definition) is 1. The Balaban J connectivity index is 2.55. The highest BCUT2D eigenvalue weighted by Crippen LogP contribution is 2.45. The lowest BCUT2D eigenvalue weighted by molar-refractivity contribution is 0.182. The Bertz CT molecular complexity index is 174. The predicted octanol–water partition coefficient (Wildman–Crippen LogP) is 3.58. The average molecular weight is 197 g/mol. The molecule has 0 saturated heterocycles. The van der Waals surface area contributed by atoms with Crippen LogP contribution < -0.4 is 5.73 Å². The molecular formula is C13H27N.